The number of benzene rings is 1. The van der Waals surface area contributed by atoms with Crippen LogP contribution < -0.4 is 10.1 Å². The maximum atomic E-state index is 12.0. The summed E-state index contributed by atoms with van der Waals surface area (Å²) in [6.45, 7) is 3.64. The lowest BCUT2D eigenvalue weighted by Gasteiger charge is -2.18. The molecule has 1 aromatic carbocycles. The number of hydrogen-bond acceptors (Lipinski definition) is 4. The van der Waals surface area contributed by atoms with E-state index >= 15 is 0 Å². The number of likely N-dealkylation sites (N-methyl/N-ethyl adjacent to an activating group) is 1. The largest absolute Gasteiger partial charge is 0.492 e. The van der Waals surface area contributed by atoms with Gasteiger partial charge in [-0.05, 0) is 37.6 Å². The number of carbonyl (C=O) groups is 1. The molecule has 0 aliphatic heterocycles. The average molecular weight is 318 g/mol. The molecule has 2 rings (SSSR count). The van der Waals surface area contributed by atoms with E-state index in [4.69, 9.17) is 4.74 Å². The molecule has 118 valence electrons. The van der Waals surface area contributed by atoms with Crippen LogP contribution in [0, 0.1) is 0 Å². The fraction of sp³-hybridized carbons (Fsp3) is 0.353. The summed E-state index contributed by atoms with van der Waals surface area (Å²) in [6.07, 6.45) is 0. The Morgan fingerprint density at radius 3 is 2.73 bits per heavy atom. The van der Waals surface area contributed by atoms with Crippen LogP contribution in [0.15, 0.2) is 47.8 Å². The zero-order chi connectivity index (χ0) is 15.8. The summed E-state index contributed by atoms with van der Waals surface area (Å²) in [5.41, 5.74) is 0. The fourth-order valence-electron chi connectivity index (χ4n) is 2.06. The lowest BCUT2D eigenvalue weighted by Crippen LogP contribution is -2.37. The van der Waals surface area contributed by atoms with Gasteiger partial charge in [-0.1, -0.05) is 24.3 Å². The molecule has 0 fully saturated rings. The summed E-state index contributed by atoms with van der Waals surface area (Å²) in [5.74, 6) is 0.884. The molecule has 0 spiro atoms. The van der Waals surface area contributed by atoms with E-state index in [0.29, 0.717) is 19.7 Å². The third-order valence-electron chi connectivity index (χ3n) is 3.25. The van der Waals surface area contributed by atoms with Crippen molar-refractivity contribution < 1.29 is 9.53 Å². The van der Waals surface area contributed by atoms with E-state index in [0.717, 1.165) is 5.75 Å². The first-order valence-electron chi connectivity index (χ1n) is 7.34. The average Bonchev–Trinajstić information content (AvgIpc) is 3.02. The number of rotatable bonds is 8. The van der Waals surface area contributed by atoms with E-state index in [1.165, 1.54) is 4.88 Å². The molecule has 1 aromatic heterocycles. The number of para-hydroxylation sites is 1. The molecule has 22 heavy (non-hydrogen) atoms. The van der Waals surface area contributed by atoms with Gasteiger partial charge in [0.1, 0.15) is 12.4 Å². The van der Waals surface area contributed by atoms with Crippen LogP contribution in [0.25, 0.3) is 0 Å². The van der Waals surface area contributed by atoms with Gasteiger partial charge in [-0.15, -0.1) is 11.3 Å². The van der Waals surface area contributed by atoms with Crippen molar-refractivity contribution in [2.75, 3.05) is 26.7 Å². The van der Waals surface area contributed by atoms with Gasteiger partial charge >= 0.3 is 0 Å². The van der Waals surface area contributed by atoms with Crippen molar-refractivity contribution >= 4 is 17.2 Å². The summed E-state index contributed by atoms with van der Waals surface area (Å²) in [6, 6.07) is 13.8. The minimum atomic E-state index is 0.0307. The van der Waals surface area contributed by atoms with Crippen molar-refractivity contribution in [2.45, 2.75) is 13.0 Å². The number of ether oxygens (including phenoxy) is 1. The van der Waals surface area contributed by atoms with Gasteiger partial charge in [0.05, 0.1) is 12.6 Å². The van der Waals surface area contributed by atoms with Crippen LogP contribution in [0.3, 0.4) is 0 Å². The number of nitrogens with zero attached hydrogens (tertiary/aromatic N) is 1. The van der Waals surface area contributed by atoms with Crippen LogP contribution >= 0.6 is 11.3 Å². The van der Waals surface area contributed by atoms with Crippen LogP contribution in [0.1, 0.15) is 17.8 Å². The van der Waals surface area contributed by atoms with Crippen molar-refractivity contribution in [3.05, 3.63) is 52.7 Å². The lowest BCUT2D eigenvalue weighted by atomic mass is 10.3. The Morgan fingerprint density at radius 1 is 1.27 bits per heavy atom. The molecular weight excluding hydrogens is 296 g/mol. The topological polar surface area (TPSA) is 41.6 Å². The second kappa shape index (κ2) is 8.56. The van der Waals surface area contributed by atoms with E-state index in [2.05, 4.69) is 5.32 Å². The molecule has 2 aromatic rings. The molecule has 0 bridgehead atoms. The normalized spacial score (nSPS) is 12.1. The quantitative estimate of drug-likeness (QED) is 0.813. The van der Waals surface area contributed by atoms with Crippen LogP contribution in [-0.4, -0.2) is 37.6 Å². The van der Waals surface area contributed by atoms with Crippen molar-refractivity contribution in [3.63, 3.8) is 0 Å². The molecule has 1 heterocycles. The smallest absolute Gasteiger partial charge is 0.234 e. The SMILES string of the molecule is CC(NC(=O)CN(C)CCOc1ccccc1)c1cccs1. The minimum Gasteiger partial charge on any atom is -0.492 e. The highest BCUT2D eigenvalue weighted by Crippen LogP contribution is 2.17. The number of amides is 1. The Bertz CT molecular complexity index is 557. The standard InChI is InChI=1S/C17H22N2O2S/c1-14(16-9-6-12-22-16)18-17(20)13-19(2)10-11-21-15-7-4-3-5-8-15/h3-9,12,14H,10-11,13H2,1-2H3,(H,18,20). The summed E-state index contributed by atoms with van der Waals surface area (Å²) >= 11 is 1.66. The highest BCUT2D eigenvalue weighted by molar-refractivity contribution is 7.10. The van der Waals surface area contributed by atoms with E-state index in [1.54, 1.807) is 11.3 Å². The van der Waals surface area contributed by atoms with Crippen LogP contribution in [0.5, 0.6) is 5.75 Å². The first-order chi connectivity index (χ1) is 10.6. The maximum absolute atomic E-state index is 12.0. The van der Waals surface area contributed by atoms with E-state index < -0.39 is 0 Å². The zero-order valence-corrected chi connectivity index (χ0v) is 13.8. The van der Waals surface area contributed by atoms with Gasteiger partial charge < -0.3 is 10.1 Å². The molecule has 1 unspecified atom stereocenters. The third-order valence-corrected chi connectivity index (χ3v) is 4.30. The van der Waals surface area contributed by atoms with Gasteiger partial charge in [0, 0.05) is 11.4 Å². The molecule has 4 nitrogen and oxygen atoms in total. The Labute approximate surface area is 135 Å². The monoisotopic (exact) mass is 318 g/mol. The van der Waals surface area contributed by atoms with Gasteiger partial charge in [0.15, 0.2) is 0 Å². The predicted octanol–water partition coefficient (Wildman–Crippen LogP) is 2.94. The van der Waals surface area contributed by atoms with Gasteiger partial charge in [-0.3, -0.25) is 9.69 Å². The summed E-state index contributed by atoms with van der Waals surface area (Å²) in [7, 11) is 1.92. The molecule has 0 saturated heterocycles. The van der Waals surface area contributed by atoms with Crippen molar-refractivity contribution in [2.24, 2.45) is 0 Å². The molecule has 1 amide bonds. The fourth-order valence-corrected chi connectivity index (χ4v) is 2.79. The van der Waals surface area contributed by atoms with Gasteiger partial charge in [0.25, 0.3) is 0 Å². The lowest BCUT2D eigenvalue weighted by molar-refractivity contribution is -0.122. The highest BCUT2D eigenvalue weighted by atomic mass is 32.1. The second-order valence-electron chi connectivity index (χ2n) is 5.20. The zero-order valence-electron chi connectivity index (χ0n) is 13.0. The van der Waals surface area contributed by atoms with Crippen LogP contribution in [0.2, 0.25) is 0 Å². The number of thiophene rings is 1. The molecule has 5 heteroatoms. The molecule has 1 atom stereocenters. The molecule has 0 aliphatic rings. The Hall–Kier alpha value is -1.85. The van der Waals surface area contributed by atoms with E-state index in [1.807, 2.05) is 66.7 Å². The third kappa shape index (κ3) is 5.50. The highest BCUT2D eigenvalue weighted by Gasteiger charge is 2.12. The minimum absolute atomic E-state index is 0.0307. The van der Waals surface area contributed by atoms with Crippen LogP contribution in [0.4, 0.5) is 0 Å². The number of carbonyl (C=O) groups excluding carboxylic acids is 1. The summed E-state index contributed by atoms with van der Waals surface area (Å²) in [5, 5.41) is 5.03. The van der Waals surface area contributed by atoms with Gasteiger partial charge in [-0.25, -0.2) is 0 Å². The van der Waals surface area contributed by atoms with E-state index in [-0.39, 0.29) is 11.9 Å². The maximum Gasteiger partial charge on any atom is 0.234 e. The molecule has 1 N–H and O–H groups in total. The van der Waals surface area contributed by atoms with E-state index in [9.17, 15) is 4.79 Å². The first-order valence-corrected chi connectivity index (χ1v) is 8.22. The first kappa shape index (κ1) is 16.5. The molecular formula is C17H22N2O2S. The van der Waals surface area contributed by atoms with Crippen molar-refractivity contribution in [1.29, 1.82) is 0 Å². The van der Waals surface area contributed by atoms with Crippen molar-refractivity contribution in [3.8, 4) is 5.75 Å². The Balaban J connectivity index is 1.66. The van der Waals surface area contributed by atoms with Crippen LogP contribution in [-0.2, 0) is 4.79 Å². The van der Waals surface area contributed by atoms with Gasteiger partial charge in [0.2, 0.25) is 5.91 Å². The number of hydrogen-bond donors (Lipinski definition) is 1. The molecule has 0 radical (unpaired) electrons. The number of nitrogens with one attached hydrogen (secondary N) is 1. The Kier molecular flexibility index (Phi) is 6.43. The summed E-state index contributed by atoms with van der Waals surface area (Å²) < 4.78 is 5.63. The Morgan fingerprint density at radius 2 is 2.05 bits per heavy atom. The van der Waals surface area contributed by atoms with Gasteiger partial charge in [-0.2, -0.15) is 0 Å². The van der Waals surface area contributed by atoms with Crippen molar-refractivity contribution in [1.82, 2.24) is 10.2 Å². The predicted molar refractivity (Wildman–Crippen MR) is 90.3 cm³/mol. The molecule has 0 saturated carbocycles. The summed E-state index contributed by atoms with van der Waals surface area (Å²) in [4.78, 5) is 15.1. The second-order valence-corrected chi connectivity index (χ2v) is 6.18. The molecule has 0 aliphatic carbocycles.